The third-order valence-electron chi connectivity index (χ3n) is 3.88. The normalized spacial score (nSPS) is 22.5. The predicted molar refractivity (Wildman–Crippen MR) is 80.9 cm³/mol. The van der Waals surface area contributed by atoms with Gasteiger partial charge in [-0.15, -0.1) is 0 Å². The molecule has 0 spiro atoms. The number of carbonyl (C=O) groups excluding carboxylic acids is 2. The zero-order chi connectivity index (χ0) is 15.0. The van der Waals surface area contributed by atoms with Gasteiger partial charge in [0.05, 0.1) is 17.4 Å². The topological polar surface area (TPSA) is 62.3 Å². The summed E-state index contributed by atoms with van der Waals surface area (Å²) >= 11 is 0. The second-order valence-corrected chi connectivity index (χ2v) is 5.24. The fourth-order valence-electron chi connectivity index (χ4n) is 2.65. The van der Waals surface area contributed by atoms with E-state index in [1.54, 1.807) is 18.0 Å². The van der Waals surface area contributed by atoms with Gasteiger partial charge in [-0.1, -0.05) is 25.1 Å². The average Bonchev–Trinajstić information content (AvgIpc) is 2.51. The summed E-state index contributed by atoms with van der Waals surface area (Å²) in [7, 11) is 0. The van der Waals surface area contributed by atoms with E-state index in [1.807, 2.05) is 37.3 Å². The Morgan fingerprint density at radius 2 is 2.05 bits per heavy atom. The van der Waals surface area contributed by atoms with Crippen molar-refractivity contribution >= 4 is 28.4 Å². The summed E-state index contributed by atoms with van der Waals surface area (Å²) in [5.41, 5.74) is 1.54. The van der Waals surface area contributed by atoms with Crippen LogP contribution in [0.25, 0.3) is 10.9 Å². The molecule has 108 valence electrons. The Kier molecular flexibility index (Phi) is 3.33. The molecule has 0 radical (unpaired) electrons. The van der Waals surface area contributed by atoms with Crippen LogP contribution in [-0.2, 0) is 9.59 Å². The molecule has 2 heterocycles. The third kappa shape index (κ3) is 2.24. The molecule has 2 aromatic rings. The molecule has 1 aliphatic rings. The van der Waals surface area contributed by atoms with E-state index in [2.05, 4.69) is 10.3 Å². The number of nitrogens with one attached hydrogen (secondary N) is 1. The average molecular weight is 283 g/mol. The van der Waals surface area contributed by atoms with Gasteiger partial charge in [-0.25, -0.2) is 0 Å². The molecule has 0 saturated carbocycles. The number of piperazine rings is 1. The zero-order valence-electron chi connectivity index (χ0n) is 12.0. The number of pyridine rings is 1. The first-order valence-electron chi connectivity index (χ1n) is 7.10. The minimum Gasteiger partial charge on any atom is -0.343 e. The number of amides is 2. The van der Waals surface area contributed by atoms with Gasteiger partial charge in [0.2, 0.25) is 11.8 Å². The van der Waals surface area contributed by atoms with Crippen LogP contribution in [0.5, 0.6) is 0 Å². The van der Waals surface area contributed by atoms with Crippen LogP contribution in [0.1, 0.15) is 20.3 Å². The molecule has 5 nitrogen and oxygen atoms in total. The number of nitrogens with zero attached hydrogens (tertiary/aromatic N) is 2. The van der Waals surface area contributed by atoms with E-state index in [0.717, 1.165) is 10.9 Å². The summed E-state index contributed by atoms with van der Waals surface area (Å²) in [5.74, 6) is -0.212. The second kappa shape index (κ2) is 5.16. The maximum Gasteiger partial charge on any atom is 0.250 e. The van der Waals surface area contributed by atoms with Crippen molar-refractivity contribution < 1.29 is 9.59 Å². The molecule has 21 heavy (non-hydrogen) atoms. The van der Waals surface area contributed by atoms with Crippen LogP contribution in [0.4, 0.5) is 5.69 Å². The van der Waals surface area contributed by atoms with Crippen LogP contribution >= 0.6 is 0 Å². The Morgan fingerprint density at radius 1 is 1.29 bits per heavy atom. The van der Waals surface area contributed by atoms with Gasteiger partial charge < -0.3 is 5.32 Å². The van der Waals surface area contributed by atoms with E-state index < -0.39 is 12.1 Å². The minimum absolute atomic E-state index is 0.0818. The van der Waals surface area contributed by atoms with Gasteiger partial charge in [0, 0.05) is 5.39 Å². The lowest BCUT2D eigenvalue weighted by Gasteiger charge is -2.36. The minimum atomic E-state index is -0.525. The van der Waals surface area contributed by atoms with Gasteiger partial charge in [-0.2, -0.15) is 0 Å². The van der Waals surface area contributed by atoms with E-state index in [4.69, 9.17) is 0 Å². The Hall–Kier alpha value is -2.43. The van der Waals surface area contributed by atoms with Crippen LogP contribution in [0.2, 0.25) is 0 Å². The number of benzene rings is 1. The van der Waals surface area contributed by atoms with E-state index in [1.165, 1.54) is 0 Å². The highest BCUT2D eigenvalue weighted by Crippen LogP contribution is 2.24. The first-order valence-corrected chi connectivity index (χ1v) is 7.10. The van der Waals surface area contributed by atoms with Gasteiger partial charge in [0.15, 0.2) is 0 Å². The molecule has 2 amide bonds. The molecule has 2 unspecified atom stereocenters. The summed E-state index contributed by atoms with van der Waals surface area (Å²) in [6, 6.07) is 8.64. The molecule has 3 rings (SSSR count). The van der Waals surface area contributed by atoms with Crippen LogP contribution in [0, 0.1) is 0 Å². The van der Waals surface area contributed by atoms with Gasteiger partial charge in [0.25, 0.3) is 0 Å². The molecular formula is C16H17N3O2. The summed E-state index contributed by atoms with van der Waals surface area (Å²) in [6.07, 6.45) is 2.23. The van der Waals surface area contributed by atoms with Crippen LogP contribution in [0.15, 0.2) is 36.5 Å². The maximum absolute atomic E-state index is 12.5. The van der Waals surface area contributed by atoms with E-state index >= 15 is 0 Å². The third-order valence-corrected chi connectivity index (χ3v) is 3.88. The highest BCUT2D eigenvalue weighted by molar-refractivity contribution is 6.08. The lowest BCUT2D eigenvalue weighted by Crippen LogP contribution is -2.62. The summed E-state index contributed by atoms with van der Waals surface area (Å²) in [4.78, 5) is 30.5. The molecule has 0 aliphatic carbocycles. The Bertz CT molecular complexity index is 713. The van der Waals surface area contributed by atoms with Gasteiger partial charge in [-0.3, -0.25) is 19.5 Å². The van der Waals surface area contributed by atoms with Crippen molar-refractivity contribution in [2.75, 3.05) is 4.90 Å². The van der Waals surface area contributed by atoms with Crippen LogP contribution in [-0.4, -0.2) is 28.9 Å². The maximum atomic E-state index is 12.5. The van der Waals surface area contributed by atoms with Gasteiger partial charge >= 0.3 is 0 Å². The van der Waals surface area contributed by atoms with Crippen LogP contribution in [0.3, 0.4) is 0 Å². The molecule has 5 heteroatoms. The smallest absolute Gasteiger partial charge is 0.250 e. The number of carbonyl (C=O) groups is 2. The highest BCUT2D eigenvalue weighted by Gasteiger charge is 2.38. The predicted octanol–water partition coefficient (Wildman–Crippen LogP) is 1.86. The Labute approximate surface area is 123 Å². The quantitative estimate of drug-likeness (QED) is 0.915. The fraction of sp³-hybridized carbons (Fsp3) is 0.312. The molecule has 1 aromatic carbocycles. The number of aromatic nitrogens is 1. The molecule has 1 saturated heterocycles. The van der Waals surface area contributed by atoms with Gasteiger partial charge in [0.1, 0.15) is 12.1 Å². The number of fused-ring (bicyclic) bond motifs is 1. The number of anilines is 1. The SMILES string of the molecule is CCC1NC(=O)C(C)N(c2cnc3ccccc3c2)C1=O. The molecule has 1 fully saturated rings. The Morgan fingerprint density at radius 3 is 2.81 bits per heavy atom. The van der Waals surface area contributed by atoms with Crippen molar-refractivity contribution in [2.45, 2.75) is 32.4 Å². The fourth-order valence-corrected chi connectivity index (χ4v) is 2.65. The summed E-state index contributed by atoms with van der Waals surface area (Å²) in [5, 5.41) is 3.70. The summed E-state index contributed by atoms with van der Waals surface area (Å²) in [6.45, 7) is 3.62. The monoisotopic (exact) mass is 283 g/mol. The van der Waals surface area contributed by atoms with Crippen molar-refractivity contribution in [1.29, 1.82) is 0 Å². The molecule has 1 aliphatic heterocycles. The van der Waals surface area contributed by atoms with Gasteiger partial charge in [-0.05, 0) is 25.5 Å². The standard InChI is InChI=1S/C16H17N3O2/c1-3-13-16(21)19(10(2)15(20)18-13)12-8-11-6-4-5-7-14(11)17-9-12/h4-10,13H,3H2,1-2H3,(H,18,20). The van der Waals surface area contributed by atoms with Crippen molar-refractivity contribution in [3.05, 3.63) is 36.5 Å². The molecule has 0 bridgehead atoms. The summed E-state index contributed by atoms with van der Waals surface area (Å²) < 4.78 is 0. The molecule has 1 N–H and O–H groups in total. The van der Waals surface area contributed by atoms with E-state index in [0.29, 0.717) is 12.1 Å². The molecular weight excluding hydrogens is 266 g/mol. The van der Waals surface area contributed by atoms with Crippen molar-refractivity contribution in [3.63, 3.8) is 0 Å². The number of rotatable bonds is 2. The van der Waals surface area contributed by atoms with Crippen molar-refractivity contribution in [1.82, 2.24) is 10.3 Å². The number of hydrogen-bond donors (Lipinski definition) is 1. The van der Waals surface area contributed by atoms with Crippen LogP contribution < -0.4 is 10.2 Å². The van der Waals surface area contributed by atoms with Crippen molar-refractivity contribution in [3.8, 4) is 0 Å². The first-order chi connectivity index (χ1) is 10.1. The van der Waals surface area contributed by atoms with E-state index in [-0.39, 0.29) is 11.8 Å². The number of hydrogen-bond acceptors (Lipinski definition) is 3. The lowest BCUT2D eigenvalue weighted by atomic mass is 10.1. The van der Waals surface area contributed by atoms with Crippen molar-refractivity contribution in [2.24, 2.45) is 0 Å². The largest absolute Gasteiger partial charge is 0.343 e. The second-order valence-electron chi connectivity index (χ2n) is 5.24. The lowest BCUT2D eigenvalue weighted by molar-refractivity contribution is -0.133. The van der Waals surface area contributed by atoms with E-state index in [9.17, 15) is 9.59 Å². The first kappa shape index (κ1) is 13.5. The highest BCUT2D eigenvalue weighted by atomic mass is 16.2. The molecule has 1 aromatic heterocycles. The zero-order valence-corrected chi connectivity index (χ0v) is 12.0. The Balaban J connectivity index is 2.06. The number of para-hydroxylation sites is 1. The molecule has 2 atom stereocenters.